The molecular formula is C13H23ClN2O2S. The molecule has 1 aromatic rings. The zero-order valence-electron chi connectivity index (χ0n) is 11.9. The number of aryl methyl sites for hydroxylation is 2. The van der Waals surface area contributed by atoms with Crippen LogP contribution in [0.3, 0.4) is 0 Å². The molecule has 1 amide bonds. The molecule has 0 fully saturated rings. The minimum atomic E-state index is -0.206. The maximum Gasteiger partial charge on any atom is 0.223 e. The zero-order chi connectivity index (χ0) is 13.7. The van der Waals surface area contributed by atoms with Gasteiger partial charge < -0.3 is 15.8 Å². The maximum absolute atomic E-state index is 11.8. The summed E-state index contributed by atoms with van der Waals surface area (Å²) in [6.07, 6.45) is 0.0991. The Balaban J connectivity index is 0.00000324. The number of amides is 1. The highest BCUT2D eigenvalue weighted by Crippen LogP contribution is 2.26. The molecule has 0 aliphatic heterocycles. The summed E-state index contributed by atoms with van der Waals surface area (Å²) in [5, 5.41) is 2.98. The van der Waals surface area contributed by atoms with Gasteiger partial charge in [-0.25, -0.2) is 0 Å². The molecule has 2 unspecified atom stereocenters. The smallest absolute Gasteiger partial charge is 0.223 e. The number of halogens is 1. The molecule has 0 saturated carbocycles. The van der Waals surface area contributed by atoms with Gasteiger partial charge in [0.05, 0.1) is 18.6 Å². The molecule has 0 bridgehead atoms. The van der Waals surface area contributed by atoms with Crippen LogP contribution in [0.1, 0.15) is 34.7 Å². The molecule has 0 saturated heterocycles. The van der Waals surface area contributed by atoms with Crippen LogP contribution in [0.2, 0.25) is 0 Å². The number of rotatable bonds is 6. The Labute approximate surface area is 125 Å². The molecule has 19 heavy (non-hydrogen) atoms. The number of thiophene rings is 1. The predicted octanol–water partition coefficient (Wildman–Crippen LogP) is 2.33. The van der Waals surface area contributed by atoms with E-state index in [1.165, 1.54) is 15.3 Å². The van der Waals surface area contributed by atoms with Crippen molar-refractivity contribution >= 4 is 29.7 Å². The first-order chi connectivity index (χ1) is 8.47. The van der Waals surface area contributed by atoms with Crippen LogP contribution in [0.5, 0.6) is 0 Å². The standard InChI is InChI=1S/C13H22N2O2S.ClH/c1-8-5-12(10(3)18-8)9(2)15-13(16)6-11(7-14)17-4;/h5,9,11H,6-7,14H2,1-4H3,(H,15,16);1H. The van der Waals surface area contributed by atoms with Gasteiger partial charge in [-0.15, -0.1) is 23.7 Å². The van der Waals surface area contributed by atoms with Crippen LogP contribution in [-0.2, 0) is 9.53 Å². The predicted molar refractivity (Wildman–Crippen MR) is 82.1 cm³/mol. The van der Waals surface area contributed by atoms with Crippen molar-refractivity contribution in [1.29, 1.82) is 0 Å². The quantitative estimate of drug-likeness (QED) is 0.848. The third-order valence-electron chi connectivity index (χ3n) is 2.93. The number of ether oxygens (including phenoxy) is 1. The highest BCUT2D eigenvalue weighted by molar-refractivity contribution is 7.12. The van der Waals surface area contributed by atoms with Gasteiger partial charge in [-0.1, -0.05) is 0 Å². The van der Waals surface area contributed by atoms with E-state index in [0.29, 0.717) is 13.0 Å². The molecule has 0 aliphatic rings. The molecule has 2 atom stereocenters. The summed E-state index contributed by atoms with van der Waals surface area (Å²) in [5.74, 6) is -0.0250. The average Bonchev–Trinajstić information content (AvgIpc) is 2.65. The Morgan fingerprint density at radius 2 is 2.16 bits per heavy atom. The van der Waals surface area contributed by atoms with Crippen LogP contribution in [0.25, 0.3) is 0 Å². The Kier molecular flexibility index (Phi) is 8.25. The minimum Gasteiger partial charge on any atom is -0.380 e. The minimum absolute atomic E-state index is 0. The summed E-state index contributed by atoms with van der Waals surface area (Å²) in [5.41, 5.74) is 6.69. The lowest BCUT2D eigenvalue weighted by Gasteiger charge is -2.17. The van der Waals surface area contributed by atoms with Crippen LogP contribution in [0.4, 0.5) is 0 Å². The molecule has 4 nitrogen and oxygen atoms in total. The van der Waals surface area contributed by atoms with Gasteiger partial charge in [0, 0.05) is 23.4 Å². The molecule has 110 valence electrons. The van der Waals surface area contributed by atoms with Gasteiger partial charge in [0.15, 0.2) is 0 Å². The molecule has 0 aliphatic carbocycles. The Morgan fingerprint density at radius 3 is 2.58 bits per heavy atom. The van der Waals surface area contributed by atoms with Gasteiger partial charge in [-0.05, 0) is 32.4 Å². The lowest BCUT2D eigenvalue weighted by molar-refractivity contribution is -0.124. The van der Waals surface area contributed by atoms with Crippen molar-refractivity contribution in [3.8, 4) is 0 Å². The summed E-state index contributed by atoms with van der Waals surface area (Å²) in [6.45, 7) is 6.50. The third kappa shape index (κ3) is 5.48. The normalized spacial score (nSPS) is 13.5. The number of nitrogens with two attached hydrogens (primary N) is 1. The van der Waals surface area contributed by atoms with Crippen molar-refractivity contribution in [2.24, 2.45) is 5.73 Å². The van der Waals surface area contributed by atoms with Crippen LogP contribution >= 0.6 is 23.7 Å². The van der Waals surface area contributed by atoms with Crippen molar-refractivity contribution < 1.29 is 9.53 Å². The van der Waals surface area contributed by atoms with Gasteiger partial charge in [0.1, 0.15) is 0 Å². The van der Waals surface area contributed by atoms with Crippen molar-refractivity contribution in [2.45, 2.75) is 39.3 Å². The second-order valence-electron chi connectivity index (χ2n) is 4.46. The number of carbonyl (C=O) groups excluding carboxylic acids is 1. The fourth-order valence-electron chi connectivity index (χ4n) is 1.93. The zero-order valence-corrected chi connectivity index (χ0v) is 13.5. The van der Waals surface area contributed by atoms with Crippen molar-refractivity contribution in [2.75, 3.05) is 13.7 Å². The summed E-state index contributed by atoms with van der Waals surface area (Å²) in [4.78, 5) is 14.3. The van der Waals surface area contributed by atoms with Crippen LogP contribution in [0.15, 0.2) is 6.07 Å². The van der Waals surface area contributed by atoms with E-state index in [1.807, 2.05) is 6.92 Å². The first-order valence-electron chi connectivity index (χ1n) is 6.07. The third-order valence-corrected chi connectivity index (χ3v) is 3.91. The van der Waals surface area contributed by atoms with E-state index in [1.54, 1.807) is 18.4 Å². The van der Waals surface area contributed by atoms with E-state index >= 15 is 0 Å². The molecule has 1 rings (SSSR count). The van der Waals surface area contributed by atoms with E-state index in [-0.39, 0.29) is 30.5 Å². The average molecular weight is 307 g/mol. The number of hydrogen-bond acceptors (Lipinski definition) is 4. The molecule has 6 heteroatoms. The fourth-order valence-corrected chi connectivity index (χ4v) is 2.95. The molecular weight excluding hydrogens is 284 g/mol. The first-order valence-corrected chi connectivity index (χ1v) is 6.88. The van der Waals surface area contributed by atoms with E-state index < -0.39 is 0 Å². The SMILES string of the molecule is COC(CN)CC(=O)NC(C)c1cc(C)sc1C.Cl. The number of hydrogen-bond donors (Lipinski definition) is 2. The highest BCUT2D eigenvalue weighted by Gasteiger charge is 2.16. The van der Waals surface area contributed by atoms with Gasteiger partial charge >= 0.3 is 0 Å². The van der Waals surface area contributed by atoms with Gasteiger partial charge in [-0.3, -0.25) is 4.79 Å². The van der Waals surface area contributed by atoms with Gasteiger partial charge in [0.2, 0.25) is 5.91 Å². The van der Waals surface area contributed by atoms with Gasteiger partial charge in [0.25, 0.3) is 0 Å². The largest absolute Gasteiger partial charge is 0.380 e. The fraction of sp³-hybridized carbons (Fsp3) is 0.615. The van der Waals surface area contributed by atoms with Gasteiger partial charge in [-0.2, -0.15) is 0 Å². The van der Waals surface area contributed by atoms with E-state index in [9.17, 15) is 4.79 Å². The van der Waals surface area contributed by atoms with Crippen LogP contribution < -0.4 is 11.1 Å². The first kappa shape index (κ1) is 18.4. The van der Waals surface area contributed by atoms with Crippen molar-refractivity contribution in [3.63, 3.8) is 0 Å². The number of nitrogens with one attached hydrogen (secondary N) is 1. The molecule has 3 N–H and O–H groups in total. The monoisotopic (exact) mass is 306 g/mol. The van der Waals surface area contributed by atoms with Crippen LogP contribution in [-0.4, -0.2) is 25.7 Å². The molecule has 0 spiro atoms. The Hall–Kier alpha value is -0.620. The Morgan fingerprint density at radius 1 is 1.53 bits per heavy atom. The lowest BCUT2D eigenvalue weighted by atomic mass is 10.1. The second-order valence-corrected chi connectivity index (χ2v) is 5.92. The lowest BCUT2D eigenvalue weighted by Crippen LogP contribution is -2.33. The molecule has 1 aromatic heterocycles. The van der Waals surface area contributed by atoms with E-state index in [2.05, 4.69) is 25.2 Å². The molecule has 0 radical (unpaired) electrons. The van der Waals surface area contributed by atoms with Crippen molar-refractivity contribution in [3.05, 3.63) is 21.4 Å². The Bertz CT molecular complexity index is 405. The highest BCUT2D eigenvalue weighted by atomic mass is 35.5. The maximum atomic E-state index is 11.8. The van der Waals surface area contributed by atoms with E-state index in [0.717, 1.165) is 0 Å². The summed E-state index contributed by atoms with van der Waals surface area (Å²) in [6, 6.07) is 2.15. The molecule has 0 aromatic carbocycles. The summed E-state index contributed by atoms with van der Waals surface area (Å²) in [7, 11) is 1.57. The summed E-state index contributed by atoms with van der Waals surface area (Å²) < 4.78 is 5.10. The number of carbonyl (C=O) groups is 1. The topological polar surface area (TPSA) is 64.3 Å². The van der Waals surface area contributed by atoms with Crippen LogP contribution in [0, 0.1) is 13.8 Å². The van der Waals surface area contributed by atoms with Crippen molar-refractivity contribution in [1.82, 2.24) is 5.32 Å². The number of methoxy groups -OCH3 is 1. The van der Waals surface area contributed by atoms with E-state index in [4.69, 9.17) is 10.5 Å². The molecule has 1 heterocycles. The summed E-state index contributed by atoms with van der Waals surface area (Å²) >= 11 is 1.75. The second kappa shape index (κ2) is 8.53.